The first kappa shape index (κ1) is 33.6. The molecule has 0 saturated carbocycles. The normalized spacial score (nSPS) is 14.7. The van der Waals surface area contributed by atoms with E-state index >= 15 is 0 Å². The molecule has 0 unspecified atom stereocenters. The van der Waals surface area contributed by atoms with Crippen LogP contribution >= 0.6 is 22.7 Å². The fourth-order valence-electron chi connectivity index (χ4n) is 5.78. The Morgan fingerprint density at radius 3 is 2.74 bits per heavy atom. The number of thiazole rings is 2. The van der Waals surface area contributed by atoms with Crippen molar-refractivity contribution in [3.63, 3.8) is 0 Å². The number of para-hydroxylation sites is 1. The molecule has 2 aliphatic heterocycles. The van der Waals surface area contributed by atoms with Crippen molar-refractivity contribution in [2.75, 3.05) is 56.6 Å². The van der Waals surface area contributed by atoms with Crippen molar-refractivity contribution < 1.29 is 19.0 Å². The quantitative estimate of drug-likeness (QED) is 0.126. The van der Waals surface area contributed by atoms with Crippen LogP contribution in [0.1, 0.15) is 38.5 Å². The predicted octanol–water partition coefficient (Wildman–Crippen LogP) is 6.25. The number of piperazine rings is 1. The monoisotopic (exact) mass is 710 g/mol. The Bertz CT molecular complexity index is 2100. The SMILES string of the molecule is Cc1c(Nc2nc3ccccc3s2)nnc2c1CC=CN2c1nc(C(=O)O)c(CCCOc2ccc(C#CCN3CCN(C)CC3)cc2F)s1. The molecule has 11 nitrogen and oxygen atoms in total. The lowest BCUT2D eigenvalue weighted by Gasteiger charge is -2.30. The number of carbonyl (C=O) groups is 1. The van der Waals surface area contributed by atoms with Crippen LogP contribution < -0.4 is 15.0 Å². The van der Waals surface area contributed by atoms with E-state index in [2.05, 4.69) is 54.2 Å². The van der Waals surface area contributed by atoms with Gasteiger partial charge in [-0.2, -0.15) is 0 Å². The van der Waals surface area contributed by atoms with E-state index in [1.165, 1.54) is 17.4 Å². The molecule has 5 heterocycles. The molecule has 1 fully saturated rings. The summed E-state index contributed by atoms with van der Waals surface area (Å²) >= 11 is 2.83. The van der Waals surface area contributed by atoms with E-state index in [4.69, 9.17) is 4.74 Å². The van der Waals surface area contributed by atoms with Crippen molar-refractivity contribution in [2.24, 2.45) is 0 Å². The van der Waals surface area contributed by atoms with Gasteiger partial charge in [-0.25, -0.2) is 19.2 Å². The number of aromatic carboxylic acids is 1. The van der Waals surface area contributed by atoms with Crippen molar-refractivity contribution in [1.29, 1.82) is 0 Å². The second kappa shape index (κ2) is 14.9. The standard InChI is InChI=1S/C36H35FN8O3S2/c1-23-25-9-6-16-45(33(25)42-41-32(23)40-35-38-27-10-3-4-11-29(27)49-35)36-39-31(34(46)47)30(50-36)12-7-21-48-28-14-13-24(22-26(28)37)8-5-15-44-19-17-43(2)18-20-44/h3-4,6,10-11,13-14,16,22H,7,9,12,15,17-21H2,1-2H3,(H,46,47)(H,38,40,41). The Hall–Kier alpha value is -4.94. The number of nitrogens with one attached hydrogen (secondary N) is 1. The van der Waals surface area contributed by atoms with Crippen LogP contribution in [-0.4, -0.2) is 87.4 Å². The lowest BCUT2D eigenvalue weighted by atomic mass is 10.1. The minimum absolute atomic E-state index is 0.0185. The Labute approximate surface area is 297 Å². The number of carboxylic acid groups (broad SMARTS) is 1. The van der Waals surface area contributed by atoms with Crippen LogP contribution in [0, 0.1) is 24.6 Å². The fourth-order valence-corrected chi connectivity index (χ4v) is 7.72. The first-order chi connectivity index (χ1) is 24.3. The van der Waals surface area contributed by atoms with Gasteiger partial charge in [0, 0.05) is 53.9 Å². The summed E-state index contributed by atoms with van der Waals surface area (Å²) in [6, 6.07) is 12.7. The molecule has 256 valence electrons. The van der Waals surface area contributed by atoms with E-state index in [1.807, 2.05) is 43.5 Å². The summed E-state index contributed by atoms with van der Waals surface area (Å²) in [5.41, 5.74) is 3.38. The van der Waals surface area contributed by atoms with Gasteiger partial charge in [0.25, 0.3) is 0 Å². The van der Waals surface area contributed by atoms with Gasteiger partial charge in [-0.05, 0) is 63.6 Å². The third-order valence-electron chi connectivity index (χ3n) is 8.61. The predicted molar refractivity (Wildman–Crippen MR) is 195 cm³/mol. The lowest BCUT2D eigenvalue weighted by Crippen LogP contribution is -2.44. The van der Waals surface area contributed by atoms with E-state index in [0.717, 1.165) is 52.7 Å². The second-order valence-electron chi connectivity index (χ2n) is 12.1. The molecular weight excluding hydrogens is 676 g/mol. The number of aromatic nitrogens is 4. The molecule has 0 spiro atoms. The highest BCUT2D eigenvalue weighted by Crippen LogP contribution is 2.38. The molecule has 7 rings (SSSR count). The average molecular weight is 711 g/mol. The zero-order valence-electron chi connectivity index (χ0n) is 27.6. The second-order valence-corrected chi connectivity index (χ2v) is 14.2. The molecule has 2 aromatic carbocycles. The Morgan fingerprint density at radius 2 is 1.94 bits per heavy atom. The molecule has 2 aliphatic rings. The van der Waals surface area contributed by atoms with Gasteiger partial charge in [0.15, 0.2) is 39.2 Å². The van der Waals surface area contributed by atoms with Crippen LogP contribution in [0.3, 0.4) is 0 Å². The van der Waals surface area contributed by atoms with Gasteiger partial charge in [-0.1, -0.05) is 41.4 Å². The van der Waals surface area contributed by atoms with Gasteiger partial charge in [0.2, 0.25) is 0 Å². The molecule has 0 aliphatic carbocycles. The van der Waals surface area contributed by atoms with Crippen LogP contribution in [-0.2, 0) is 12.8 Å². The van der Waals surface area contributed by atoms with Gasteiger partial charge in [0.1, 0.15) is 0 Å². The third kappa shape index (κ3) is 7.46. The topological polar surface area (TPSA) is 120 Å². The van der Waals surface area contributed by atoms with Crippen LogP contribution in [0.15, 0.2) is 54.7 Å². The zero-order valence-corrected chi connectivity index (χ0v) is 29.3. The van der Waals surface area contributed by atoms with Crippen molar-refractivity contribution in [2.45, 2.75) is 26.2 Å². The number of anilines is 4. The highest BCUT2D eigenvalue weighted by atomic mass is 32.1. The highest BCUT2D eigenvalue weighted by molar-refractivity contribution is 7.22. The molecule has 2 N–H and O–H groups in total. The molecule has 50 heavy (non-hydrogen) atoms. The first-order valence-corrected chi connectivity index (χ1v) is 18.0. The van der Waals surface area contributed by atoms with E-state index in [9.17, 15) is 14.3 Å². The van der Waals surface area contributed by atoms with Gasteiger partial charge < -0.3 is 20.1 Å². The number of hydrogen-bond donors (Lipinski definition) is 2. The highest BCUT2D eigenvalue weighted by Gasteiger charge is 2.26. The molecule has 1 saturated heterocycles. The molecule has 0 radical (unpaired) electrons. The van der Waals surface area contributed by atoms with Crippen molar-refractivity contribution in [3.8, 4) is 17.6 Å². The zero-order chi connectivity index (χ0) is 34.6. The van der Waals surface area contributed by atoms with Crippen molar-refractivity contribution in [3.05, 3.63) is 87.8 Å². The maximum absolute atomic E-state index is 14.8. The molecule has 14 heteroatoms. The average Bonchev–Trinajstić information content (AvgIpc) is 3.73. The number of fused-ring (bicyclic) bond motifs is 2. The number of halogens is 1. The minimum atomic E-state index is -1.11. The number of benzene rings is 2. The van der Waals surface area contributed by atoms with Crippen LogP contribution in [0.4, 0.5) is 26.3 Å². The first-order valence-electron chi connectivity index (χ1n) is 16.3. The van der Waals surface area contributed by atoms with Gasteiger partial charge >= 0.3 is 5.97 Å². The van der Waals surface area contributed by atoms with Gasteiger partial charge in [0.05, 0.1) is 23.4 Å². The Kier molecular flexibility index (Phi) is 9.99. The number of rotatable bonds is 10. The van der Waals surface area contributed by atoms with Crippen LogP contribution in [0.2, 0.25) is 0 Å². The number of allylic oxidation sites excluding steroid dienone is 1. The Morgan fingerprint density at radius 1 is 1.10 bits per heavy atom. The molecule has 3 aromatic heterocycles. The Balaban J connectivity index is 0.982. The van der Waals surface area contributed by atoms with Crippen molar-refractivity contribution in [1.82, 2.24) is 30.0 Å². The minimum Gasteiger partial charge on any atom is -0.491 e. The molecular formula is C36H35FN8O3S2. The number of nitrogens with zero attached hydrogens (tertiary/aromatic N) is 7. The molecule has 0 amide bonds. The third-order valence-corrected chi connectivity index (χ3v) is 10.7. The summed E-state index contributed by atoms with van der Waals surface area (Å²) in [5.74, 6) is 5.95. The molecule has 0 atom stereocenters. The van der Waals surface area contributed by atoms with Crippen LogP contribution in [0.25, 0.3) is 10.2 Å². The smallest absolute Gasteiger partial charge is 0.355 e. The van der Waals surface area contributed by atoms with E-state index in [0.29, 0.717) is 53.0 Å². The van der Waals surface area contributed by atoms with E-state index in [1.54, 1.807) is 28.4 Å². The maximum atomic E-state index is 14.8. The molecule has 5 aromatic rings. The number of hydrogen-bond acceptors (Lipinski definition) is 12. The van der Waals surface area contributed by atoms with Crippen LogP contribution in [0.5, 0.6) is 5.75 Å². The summed E-state index contributed by atoms with van der Waals surface area (Å²) < 4.78 is 21.6. The number of carboxylic acids is 1. The summed E-state index contributed by atoms with van der Waals surface area (Å²) in [4.78, 5) is 28.3. The van der Waals surface area contributed by atoms with E-state index in [-0.39, 0.29) is 18.1 Å². The number of ether oxygens (including phenoxy) is 1. The van der Waals surface area contributed by atoms with Gasteiger partial charge in [-0.15, -0.1) is 21.5 Å². The van der Waals surface area contributed by atoms with E-state index < -0.39 is 11.8 Å². The molecule has 0 bridgehead atoms. The van der Waals surface area contributed by atoms with Gasteiger partial charge in [-0.3, -0.25) is 9.80 Å². The van der Waals surface area contributed by atoms with Crippen molar-refractivity contribution >= 4 is 60.8 Å². The fraction of sp³-hybridized carbons (Fsp3) is 0.306. The summed E-state index contributed by atoms with van der Waals surface area (Å²) in [5, 5.41) is 23.5. The summed E-state index contributed by atoms with van der Waals surface area (Å²) in [6.45, 7) is 6.85. The summed E-state index contributed by atoms with van der Waals surface area (Å²) in [6.07, 6.45) is 5.35. The maximum Gasteiger partial charge on any atom is 0.355 e. The number of likely N-dealkylation sites (N-methyl/N-ethyl adjacent to an activating group) is 1. The summed E-state index contributed by atoms with van der Waals surface area (Å²) in [7, 11) is 2.11. The lowest BCUT2D eigenvalue weighted by molar-refractivity contribution is 0.0690. The number of aryl methyl sites for hydroxylation is 1. The largest absolute Gasteiger partial charge is 0.491 e.